The van der Waals surface area contributed by atoms with E-state index >= 15 is 0 Å². The van der Waals surface area contributed by atoms with E-state index in [1.807, 2.05) is 54.6 Å². The molecule has 0 aliphatic heterocycles. The molecule has 0 nitrogen and oxygen atoms in total. The summed E-state index contributed by atoms with van der Waals surface area (Å²) in [4.78, 5) is 0. The molecule has 0 aliphatic carbocycles. The first kappa shape index (κ1) is 18.1. The van der Waals surface area contributed by atoms with Crippen LogP contribution in [0.2, 0.25) is 4.44 Å². The predicted octanol–water partition coefficient (Wildman–Crippen LogP) is 6.68. The van der Waals surface area contributed by atoms with Gasteiger partial charge in [0.15, 0.2) is 0 Å². The van der Waals surface area contributed by atoms with Gasteiger partial charge in [0.2, 0.25) is 0 Å². The van der Waals surface area contributed by atoms with Gasteiger partial charge in [-0.1, -0.05) is 0 Å². The van der Waals surface area contributed by atoms with Crippen molar-refractivity contribution < 1.29 is 0 Å². The maximum absolute atomic E-state index is 6.51. The summed E-state index contributed by atoms with van der Waals surface area (Å²) in [5, 5.41) is 0. The van der Waals surface area contributed by atoms with E-state index in [1.54, 1.807) is 0 Å². The molecule has 0 spiro atoms. The van der Waals surface area contributed by atoms with E-state index < -0.39 is 20.4 Å². The van der Waals surface area contributed by atoms with Crippen molar-refractivity contribution in [2.45, 2.75) is 9.85 Å². The SMILES string of the molecule is [Cl][Sn]([Cl])([Cl])[CH2]C(c1ccccc1)(c1ccccc1)c1ccccc1. The van der Waals surface area contributed by atoms with Crippen molar-refractivity contribution in [2.24, 2.45) is 0 Å². The molecule has 4 heteroatoms. The zero-order chi connectivity index (χ0) is 17.0. The Kier molecular flexibility index (Phi) is 5.81. The predicted molar refractivity (Wildman–Crippen MR) is 107 cm³/mol. The molecule has 0 N–H and O–H groups in total. The van der Waals surface area contributed by atoms with Crippen LogP contribution in [0.3, 0.4) is 0 Å². The van der Waals surface area contributed by atoms with Crippen LogP contribution in [0.4, 0.5) is 0 Å². The van der Waals surface area contributed by atoms with Gasteiger partial charge in [-0.05, 0) is 0 Å². The normalized spacial score (nSPS) is 12.1. The fraction of sp³-hybridized carbons (Fsp3) is 0.100. The molecule has 24 heavy (non-hydrogen) atoms. The van der Waals surface area contributed by atoms with Gasteiger partial charge in [-0.3, -0.25) is 0 Å². The van der Waals surface area contributed by atoms with E-state index in [-0.39, 0.29) is 0 Å². The first-order chi connectivity index (χ1) is 11.5. The van der Waals surface area contributed by atoms with Crippen LogP contribution in [-0.2, 0) is 5.41 Å². The molecule has 122 valence electrons. The topological polar surface area (TPSA) is 0 Å². The Morgan fingerprint density at radius 3 is 1.08 bits per heavy atom. The molecular weight excluding hydrogens is 465 g/mol. The van der Waals surface area contributed by atoms with Crippen molar-refractivity contribution in [3.63, 3.8) is 0 Å². The van der Waals surface area contributed by atoms with Gasteiger partial charge >= 0.3 is 159 Å². The molecule has 0 saturated carbocycles. The molecule has 0 amide bonds. The van der Waals surface area contributed by atoms with Gasteiger partial charge in [0.25, 0.3) is 0 Å². The van der Waals surface area contributed by atoms with E-state index in [0.29, 0.717) is 4.44 Å². The molecule has 0 bridgehead atoms. The van der Waals surface area contributed by atoms with Gasteiger partial charge in [-0.25, -0.2) is 0 Å². The van der Waals surface area contributed by atoms with Crippen LogP contribution >= 0.6 is 26.8 Å². The molecule has 0 aromatic heterocycles. The average Bonchev–Trinajstić information content (AvgIpc) is 2.61. The molecule has 0 radical (unpaired) electrons. The number of hydrogen-bond donors (Lipinski definition) is 0. The summed E-state index contributed by atoms with van der Waals surface area (Å²) in [5.74, 6) is 0. The number of hydrogen-bond acceptors (Lipinski definition) is 0. The van der Waals surface area contributed by atoms with Crippen LogP contribution < -0.4 is 0 Å². The second kappa shape index (κ2) is 7.70. The Morgan fingerprint density at radius 2 is 0.833 bits per heavy atom. The number of rotatable bonds is 5. The summed E-state index contributed by atoms with van der Waals surface area (Å²) < 4.78 is 0.560. The van der Waals surface area contributed by atoms with Gasteiger partial charge in [-0.15, -0.1) is 0 Å². The Labute approximate surface area is 158 Å². The van der Waals surface area contributed by atoms with E-state index in [9.17, 15) is 0 Å². The van der Waals surface area contributed by atoms with Crippen LogP contribution in [0, 0.1) is 0 Å². The zero-order valence-electron chi connectivity index (χ0n) is 13.0. The molecular formula is C20H17Cl3Sn. The molecule has 0 heterocycles. The van der Waals surface area contributed by atoms with Crippen molar-refractivity contribution in [3.05, 3.63) is 108 Å². The van der Waals surface area contributed by atoms with Crippen LogP contribution in [0.15, 0.2) is 91.0 Å². The van der Waals surface area contributed by atoms with Gasteiger partial charge in [0.1, 0.15) is 0 Å². The van der Waals surface area contributed by atoms with E-state index in [0.717, 1.165) is 16.7 Å². The Morgan fingerprint density at radius 1 is 0.542 bits per heavy atom. The monoisotopic (exact) mass is 482 g/mol. The molecule has 0 saturated heterocycles. The van der Waals surface area contributed by atoms with Crippen LogP contribution in [-0.4, -0.2) is 15.0 Å². The van der Waals surface area contributed by atoms with Crippen LogP contribution in [0.5, 0.6) is 0 Å². The van der Waals surface area contributed by atoms with Gasteiger partial charge in [-0.2, -0.15) is 0 Å². The van der Waals surface area contributed by atoms with Crippen LogP contribution in [0.1, 0.15) is 16.7 Å². The molecule has 3 rings (SSSR count). The fourth-order valence-electron chi connectivity index (χ4n) is 3.27. The summed E-state index contributed by atoms with van der Waals surface area (Å²) in [6, 6.07) is 31.1. The third kappa shape index (κ3) is 3.93. The standard InChI is InChI=1S/C20H17.3ClH.Sn/c1-20(17-11-5-2-6-12-17,18-13-7-3-8-14-18)19-15-9-4-10-16-19;;;;/h2-16H,1H2;3*1H;/q;;;;+3/p-3. The molecule has 3 aromatic carbocycles. The average molecular weight is 482 g/mol. The quantitative estimate of drug-likeness (QED) is 0.281. The summed E-state index contributed by atoms with van der Waals surface area (Å²) in [5.41, 5.74) is 3.03. The van der Waals surface area contributed by atoms with Crippen LogP contribution in [0.25, 0.3) is 0 Å². The zero-order valence-corrected chi connectivity index (χ0v) is 18.1. The minimum atomic E-state index is -3.71. The molecule has 0 aliphatic rings. The van der Waals surface area contributed by atoms with Crippen molar-refractivity contribution in [1.29, 1.82) is 0 Å². The Balaban J connectivity index is 2.33. The van der Waals surface area contributed by atoms with Crippen molar-refractivity contribution in [3.8, 4) is 0 Å². The summed E-state index contributed by atoms with van der Waals surface area (Å²) in [6.45, 7) is 0. The van der Waals surface area contributed by atoms with Crippen molar-refractivity contribution in [2.75, 3.05) is 0 Å². The Bertz CT molecular complexity index is 672. The third-order valence-electron chi connectivity index (χ3n) is 4.27. The number of benzene rings is 3. The van der Waals surface area contributed by atoms with E-state index in [2.05, 4.69) is 36.4 Å². The van der Waals surface area contributed by atoms with Crippen molar-refractivity contribution >= 4 is 41.8 Å². The minimum absolute atomic E-state index is 0.439. The first-order valence-corrected chi connectivity index (χ1v) is 20.6. The van der Waals surface area contributed by atoms with Gasteiger partial charge in [0.05, 0.1) is 0 Å². The summed E-state index contributed by atoms with van der Waals surface area (Å²) >= 11 is -3.71. The summed E-state index contributed by atoms with van der Waals surface area (Å²) in [6.07, 6.45) is 0. The van der Waals surface area contributed by atoms with Crippen molar-refractivity contribution in [1.82, 2.24) is 0 Å². The summed E-state index contributed by atoms with van der Waals surface area (Å²) in [7, 11) is 19.5. The molecule has 3 aromatic rings. The Hall–Kier alpha value is -0.671. The number of halogens is 3. The molecule has 0 unspecified atom stereocenters. The van der Waals surface area contributed by atoms with E-state index in [4.69, 9.17) is 26.8 Å². The third-order valence-corrected chi connectivity index (χ3v) is 9.61. The first-order valence-electron chi connectivity index (χ1n) is 7.76. The van der Waals surface area contributed by atoms with E-state index in [1.165, 1.54) is 0 Å². The molecule has 0 fully saturated rings. The van der Waals surface area contributed by atoms with Gasteiger partial charge in [0, 0.05) is 0 Å². The second-order valence-electron chi connectivity index (χ2n) is 5.80. The fourth-order valence-corrected chi connectivity index (χ4v) is 10.8. The molecule has 0 atom stereocenters. The second-order valence-corrected chi connectivity index (χ2v) is 27.2. The van der Waals surface area contributed by atoms with Gasteiger partial charge < -0.3 is 0 Å². The maximum atomic E-state index is 6.51.